The van der Waals surface area contributed by atoms with Crippen molar-refractivity contribution in [3.8, 4) is 0 Å². The number of hydrogen-bond acceptors (Lipinski definition) is 6. The molecular formula is C22H15BrN4O6. The highest BCUT2D eigenvalue weighted by molar-refractivity contribution is 9.10. The standard InChI is InChI=1S/C22H15BrN4O6/c23-19-4-2-1-3-18(19)21(28)25-20(13-14-5-9-16(10-6-14)26(30)31)22(29)24-15-7-11-17(12-8-15)27(32)33/h1-13H,(H,24,29)(H,25,28)/b20-13+. The number of halogens is 1. The van der Waals surface area contributed by atoms with E-state index in [0.29, 0.717) is 10.0 Å². The summed E-state index contributed by atoms with van der Waals surface area (Å²) >= 11 is 3.28. The molecular weight excluding hydrogens is 496 g/mol. The molecule has 3 aromatic rings. The third kappa shape index (κ3) is 6.08. The Morgan fingerprint density at radius 1 is 0.818 bits per heavy atom. The Bertz CT molecular complexity index is 1260. The molecule has 0 aromatic heterocycles. The van der Waals surface area contributed by atoms with Gasteiger partial charge in [0.2, 0.25) is 0 Å². The zero-order valence-corrected chi connectivity index (χ0v) is 18.3. The van der Waals surface area contributed by atoms with Gasteiger partial charge in [0.05, 0.1) is 15.4 Å². The molecule has 33 heavy (non-hydrogen) atoms. The topological polar surface area (TPSA) is 144 Å². The van der Waals surface area contributed by atoms with Gasteiger partial charge >= 0.3 is 0 Å². The number of carbonyl (C=O) groups excluding carboxylic acids is 2. The Hall–Kier alpha value is -4.38. The number of nitrogens with one attached hydrogen (secondary N) is 2. The van der Waals surface area contributed by atoms with Gasteiger partial charge in [-0.3, -0.25) is 29.8 Å². The van der Waals surface area contributed by atoms with Crippen LogP contribution in [0.5, 0.6) is 0 Å². The highest BCUT2D eigenvalue weighted by Crippen LogP contribution is 2.19. The number of non-ortho nitro benzene ring substituents is 2. The summed E-state index contributed by atoms with van der Waals surface area (Å²) in [5, 5.41) is 26.8. The lowest BCUT2D eigenvalue weighted by Gasteiger charge is -2.12. The number of benzene rings is 3. The van der Waals surface area contributed by atoms with E-state index >= 15 is 0 Å². The molecule has 2 N–H and O–H groups in total. The summed E-state index contributed by atoms with van der Waals surface area (Å²) in [5.74, 6) is -1.25. The van der Waals surface area contributed by atoms with E-state index in [1.807, 2.05) is 0 Å². The van der Waals surface area contributed by atoms with Crippen molar-refractivity contribution >= 4 is 50.9 Å². The lowest BCUT2D eigenvalue weighted by molar-refractivity contribution is -0.385. The average molecular weight is 511 g/mol. The molecule has 0 fully saturated rings. The molecule has 3 aromatic carbocycles. The summed E-state index contributed by atoms with van der Waals surface area (Å²) in [5.41, 5.74) is 0.591. The average Bonchev–Trinajstić information content (AvgIpc) is 2.79. The molecule has 2 amide bonds. The molecule has 0 bridgehead atoms. The normalized spacial score (nSPS) is 10.9. The van der Waals surface area contributed by atoms with E-state index in [1.54, 1.807) is 24.3 Å². The van der Waals surface area contributed by atoms with Gasteiger partial charge in [0.25, 0.3) is 23.2 Å². The Kier molecular flexibility index (Phi) is 7.26. The number of nitrogens with zero attached hydrogens (tertiary/aromatic N) is 2. The summed E-state index contributed by atoms with van der Waals surface area (Å²) in [7, 11) is 0. The zero-order valence-electron chi connectivity index (χ0n) is 16.7. The minimum Gasteiger partial charge on any atom is -0.321 e. The van der Waals surface area contributed by atoms with Crippen LogP contribution in [-0.2, 0) is 4.79 Å². The highest BCUT2D eigenvalue weighted by atomic mass is 79.9. The van der Waals surface area contributed by atoms with E-state index in [9.17, 15) is 29.8 Å². The minimum atomic E-state index is -0.692. The van der Waals surface area contributed by atoms with Crippen LogP contribution in [-0.4, -0.2) is 21.7 Å². The van der Waals surface area contributed by atoms with Gasteiger partial charge in [0.15, 0.2) is 0 Å². The molecule has 11 heteroatoms. The van der Waals surface area contributed by atoms with Crippen molar-refractivity contribution in [1.29, 1.82) is 0 Å². The lowest BCUT2D eigenvalue weighted by Crippen LogP contribution is -2.31. The largest absolute Gasteiger partial charge is 0.321 e. The molecule has 0 unspecified atom stereocenters. The fourth-order valence-corrected chi connectivity index (χ4v) is 3.18. The van der Waals surface area contributed by atoms with Gasteiger partial charge in [0.1, 0.15) is 5.70 Å². The summed E-state index contributed by atoms with van der Waals surface area (Å²) in [6.45, 7) is 0. The smallest absolute Gasteiger partial charge is 0.272 e. The van der Waals surface area contributed by atoms with Crippen LogP contribution in [0, 0.1) is 20.2 Å². The first kappa shape index (κ1) is 23.3. The first-order valence-electron chi connectivity index (χ1n) is 9.32. The Morgan fingerprint density at radius 3 is 1.91 bits per heavy atom. The van der Waals surface area contributed by atoms with Crippen LogP contribution in [0.25, 0.3) is 6.08 Å². The van der Waals surface area contributed by atoms with Crippen LogP contribution in [0.1, 0.15) is 15.9 Å². The van der Waals surface area contributed by atoms with Crippen LogP contribution in [0.4, 0.5) is 17.1 Å². The number of amides is 2. The predicted octanol–water partition coefficient (Wildman–Crippen LogP) is 4.68. The predicted molar refractivity (Wildman–Crippen MR) is 124 cm³/mol. The third-order valence-corrected chi connectivity index (χ3v) is 5.05. The number of nitro benzene ring substituents is 2. The van der Waals surface area contributed by atoms with Crippen molar-refractivity contribution in [3.05, 3.63) is 114 Å². The van der Waals surface area contributed by atoms with Crippen LogP contribution >= 0.6 is 15.9 Å². The van der Waals surface area contributed by atoms with E-state index in [-0.39, 0.29) is 28.3 Å². The van der Waals surface area contributed by atoms with Crippen molar-refractivity contribution in [2.24, 2.45) is 0 Å². The van der Waals surface area contributed by atoms with Crippen LogP contribution in [0.15, 0.2) is 83.0 Å². The van der Waals surface area contributed by atoms with E-state index in [0.717, 1.165) is 0 Å². The molecule has 3 rings (SSSR count). The van der Waals surface area contributed by atoms with E-state index in [2.05, 4.69) is 26.6 Å². The second-order valence-corrected chi connectivity index (χ2v) is 7.45. The number of carbonyl (C=O) groups is 2. The molecule has 0 aliphatic carbocycles. The van der Waals surface area contributed by atoms with Crippen molar-refractivity contribution in [2.75, 3.05) is 5.32 Å². The van der Waals surface area contributed by atoms with Gasteiger partial charge in [-0.15, -0.1) is 0 Å². The zero-order chi connectivity index (χ0) is 24.0. The first-order chi connectivity index (χ1) is 15.7. The quantitative estimate of drug-likeness (QED) is 0.268. The third-order valence-electron chi connectivity index (χ3n) is 4.36. The van der Waals surface area contributed by atoms with Crippen LogP contribution < -0.4 is 10.6 Å². The number of anilines is 1. The van der Waals surface area contributed by atoms with Gasteiger partial charge < -0.3 is 10.6 Å². The fraction of sp³-hybridized carbons (Fsp3) is 0. The fourth-order valence-electron chi connectivity index (χ4n) is 2.72. The Morgan fingerprint density at radius 2 is 1.36 bits per heavy atom. The van der Waals surface area contributed by atoms with E-state index < -0.39 is 21.7 Å². The highest BCUT2D eigenvalue weighted by Gasteiger charge is 2.17. The lowest BCUT2D eigenvalue weighted by atomic mass is 10.1. The van der Waals surface area contributed by atoms with E-state index in [4.69, 9.17) is 0 Å². The van der Waals surface area contributed by atoms with Crippen molar-refractivity contribution < 1.29 is 19.4 Å². The maximum Gasteiger partial charge on any atom is 0.272 e. The monoisotopic (exact) mass is 510 g/mol. The van der Waals surface area contributed by atoms with Gasteiger partial charge in [-0.25, -0.2) is 0 Å². The molecule has 0 radical (unpaired) electrons. The molecule has 0 heterocycles. The number of nitro groups is 2. The molecule has 0 aliphatic heterocycles. The molecule has 0 aliphatic rings. The van der Waals surface area contributed by atoms with E-state index in [1.165, 1.54) is 54.6 Å². The van der Waals surface area contributed by atoms with Gasteiger partial charge in [-0.2, -0.15) is 0 Å². The molecule has 0 saturated heterocycles. The van der Waals surface area contributed by atoms with Gasteiger partial charge in [-0.1, -0.05) is 12.1 Å². The van der Waals surface area contributed by atoms with Crippen molar-refractivity contribution in [3.63, 3.8) is 0 Å². The van der Waals surface area contributed by atoms with Crippen LogP contribution in [0.3, 0.4) is 0 Å². The second kappa shape index (κ2) is 10.3. The Labute approximate surface area is 195 Å². The maximum absolute atomic E-state index is 12.9. The molecule has 166 valence electrons. The van der Waals surface area contributed by atoms with Gasteiger partial charge in [-0.05, 0) is 64.0 Å². The van der Waals surface area contributed by atoms with Gasteiger partial charge in [0, 0.05) is 34.4 Å². The van der Waals surface area contributed by atoms with Crippen LogP contribution in [0.2, 0.25) is 0 Å². The SMILES string of the molecule is O=C(Nc1ccc([N+](=O)[O-])cc1)/C(=C\c1ccc([N+](=O)[O-])cc1)NC(=O)c1ccccc1Br. The molecule has 0 saturated carbocycles. The minimum absolute atomic E-state index is 0.124. The first-order valence-corrected chi connectivity index (χ1v) is 10.1. The maximum atomic E-state index is 12.9. The number of rotatable bonds is 7. The van der Waals surface area contributed by atoms with Crippen molar-refractivity contribution in [1.82, 2.24) is 5.32 Å². The molecule has 0 spiro atoms. The Balaban J connectivity index is 1.90. The van der Waals surface area contributed by atoms with Crippen molar-refractivity contribution in [2.45, 2.75) is 0 Å². The summed E-state index contributed by atoms with van der Waals surface area (Å²) in [4.78, 5) is 46.2. The summed E-state index contributed by atoms with van der Waals surface area (Å²) in [6.07, 6.45) is 1.36. The second-order valence-electron chi connectivity index (χ2n) is 6.60. The number of hydrogen-bond donors (Lipinski definition) is 2. The summed E-state index contributed by atoms with van der Waals surface area (Å²) < 4.78 is 0.521. The molecule has 0 atom stereocenters. The summed E-state index contributed by atoms with van der Waals surface area (Å²) in [6, 6.07) is 17.2. The molecule has 10 nitrogen and oxygen atoms in total.